The second kappa shape index (κ2) is 17.9. The summed E-state index contributed by atoms with van der Waals surface area (Å²) in [6.45, 7) is 13.1. The van der Waals surface area contributed by atoms with E-state index in [0.29, 0.717) is 24.9 Å². The van der Waals surface area contributed by atoms with Crippen molar-refractivity contribution in [1.29, 1.82) is 0 Å². The zero-order valence-corrected chi connectivity index (χ0v) is 31.7. The Labute approximate surface area is 297 Å². The highest BCUT2D eigenvalue weighted by Gasteiger charge is 2.52. The van der Waals surface area contributed by atoms with Gasteiger partial charge in [0.15, 0.2) is 18.2 Å². The van der Waals surface area contributed by atoms with Crippen molar-refractivity contribution in [3.05, 3.63) is 48.0 Å². The predicted molar refractivity (Wildman–Crippen MR) is 187 cm³/mol. The molecule has 0 bridgehead atoms. The number of rotatable bonds is 9. The number of carbonyl (C=O) groups is 4. The lowest BCUT2D eigenvalue weighted by Crippen LogP contribution is -2.60. The molecule has 0 N–H and O–H groups in total. The molecule has 2 aliphatic heterocycles. The molecule has 9 atom stereocenters. The summed E-state index contributed by atoms with van der Waals surface area (Å²) in [5.74, 6) is -3.02. The van der Waals surface area contributed by atoms with E-state index in [9.17, 15) is 19.2 Å². The number of nitrogens with zero attached hydrogens (tertiary/aromatic N) is 2. The van der Waals surface area contributed by atoms with Crippen molar-refractivity contribution in [2.45, 2.75) is 104 Å². The van der Waals surface area contributed by atoms with Crippen LogP contribution in [0, 0.1) is 17.3 Å². The van der Waals surface area contributed by atoms with E-state index >= 15 is 0 Å². The minimum Gasteiger partial charge on any atom is -0.463 e. The zero-order valence-electron chi connectivity index (χ0n) is 31.7. The molecule has 280 valence electrons. The molecule has 2 fully saturated rings. The van der Waals surface area contributed by atoms with Crippen LogP contribution in [0.5, 0.6) is 0 Å². The minimum atomic E-state index is -1.56. The van der Waals surface area contributed by atoms with Gasteiger partial charge < -0.3 is 33.3 Å². The molecule has 0 saturated carbocycles. The van der Waals surface area contributed by atoms with E-state index in [4.69, 9.17) is 28.4 Å². The maximum atomic E-state index is 14.4. The van der Waals surface area contributed by atoms with Crippen molar-refractivity contribution in [1.82, 2.24) is 9.80 Å². The number of carbonyl (C=O) groups excluding carboxylic acids is 4. The molecule has 12 heteroatoms. The number of ketones is 1. The van der Waals surface area contributed by atoms with Gasteiger partial charge in [-0.1, -0.05) is 38.1 Å². The van der Waals surface area contributed by atoms with Crippen LogP contribution in [-0.2, 0) is 42.8 Å². The molecule has 0 aromatic heterocycles. The predicted octanol–water partition coefficient (Wildman–Crippen LogP) is 4.30. The van der Waals surface area contributed by atoms with E-state index in [2.05, 4.69) is 6.92 Å². The lowest BCUT2D eigenvalue weighted by molar-refractivity contribution is -0.295. The smallest absolute Gasteiger partial charge is 0.338 e. The fourth-order valence-electron chi connectivity index (χ4n) is 7.02. The number of ether oxygens (including phenoxy) is 6. The second-order valence-electron chi connectivity index (χ2n) is 14.7. The molecular weight excluding hydrogens is 644 g/mol. The Hall–Kier alpha value is -3.16. The Morgan fingerprint density at radius 2 is 1.74 bits per heavy atom. The Balaban J connectivity index is 2.06. The maximum absolute atomic E-state index is 14.4. The average Bonchev–Trinajstić information content (AvgIpc) is 3.06. The van der Waals surface area contributed by atoms with E-state index in [0.717, 1.165) is 0 Å². The van der Waals surface area contributed by atoms with Gasteiger partial charge in [0, 0.05) is 25.6 Å². The Morgan fingerprint density at radius 1 is 1.08 bits per heavy atom. The van der Waals surface area contributed by atoms with E-state index in [1.54, 1.807) is 51.3 Å². The van der Waals surface area contributed by atoms with Gasteiger partial charge in [-0.3, -0.25) is 14.5 Å². The number of esters is 3. The highest BCUT2D eigenvalue weighted by molar-refractivity contribution is 6.04. The highest BCUT2D eigenvalue weighted by Crippen LogP contribution is 2.39. The van der Waals surface area contributed by atoms with E-state index < -0.39 is 65.2 Å². The zero-order chi connectivity index (χ0) is 37.4. The molecular formula is C38H58N2O10. The van der Waals surface area contributed by atoms with Crippen molar-refractivity contribution in [3.8, 4) is 0 Å². The summed E-state index contributed by atoms with van der Waals surface area (Å²) in [6.07, 6.45) is 0.905. The molecule has 0 spiro atoms. The van der Waals surface area contributed by atoms with E-state index in [1.807, 2.05) is 50.9 Å². The number of cyclic esters (lactones) is 1. The molecule has 0 aliphatic carbocycles. The van der Waals surface area contributed by atoms with E-state index in [1.165, 1.54) is 19.9 Å². The normalized spacial score (nSPS) is 33.2. The van der Waals surface area contributed by atoms with Crippen LogP contribution in [0.4, 0.5) is 0 Å². The summed E-state index contributed by atoms with van der Waals surface area (Å²) < 4.78 is 36.5. The largest absolute Gasteiger partial charge is 0.463 e. The Kier molecular flexibility index (Phi) is 14.7. The average molecular weight is 703 g/mol. The molecule has 3 rings (SSSR count). The quantitative estimate of drug-likeness (QED) is 0.157. The first-order valence-corrected chi connectivity index (χ1v) is 17.5. The van der Waals surface area contributed by atoms with Crippen LogP contribution in [0.1, 0.15) is 71.7 Å². The fourth-order valence-corrected chi connectivity index (χ4v) is 7.02. The van der Waals surface area contributed by atoms with Crippen LogP contribution in [0.25, 0.3) is 0 Å². The van der Waals surface area contributed by atoms with Gasteiger partial charge in [-0.15, -0.1) is 0 Å². The number of likely N-dealkylation sites (N-methyl/N-ethyl adjacent to an activating group) is 2. The summed E-state index contributed by atoms with van der Waals surface area (Å²) in [5.41, 5.74) is -2.23. The van der Waals surface area contributed by atoms with Gasteiger partial charge in [-0.2, -0.15) is 0 Å². The van der Waals surface area contributed by atoms with Gasteiger partial charge in [0.1, 0.15) is 12.0 Å². The number of benzene rings is 1. The molecule has 0 amide bonds. The Bertz CT molecular complexity index is 1330. The molecule has 12 nitrogen and oxygen atoms in total. The van der Waals surface area contributed by atoms with Crippen molar-refractivity contribution in [2.24, 2.45) is 17.3 Å². The first-order valence-electron chi connectivity index (χ1n) is 17.5. The molecule has 2 heterocycles. The monoisotopic (exact) mass is 702 g/mol. The third-order valence-electron chi connectivity index (χ3n) is 9.89. The summed E-state index contributed by atoms with van der Waals surface area (Å²) in [5, 5.41) is 0. The van der Waals surface area contributed by atoms with Gasteiger partial charge in [0.2, 0.25) is 0 Å². The van der Waals surface area contributed by atoms with E-state index in [-0.39, 0.29) is 31.3 Å². The number of hydrogen-bond donors (Lipinski definition) is 0. The first kappa shape index (κ1) is 41.3. The molecule has 2 saturated heterocycles. The van der Waals surface area contributed by atoms with Crippen LogP contribution in [0.15, 0.2) is 42.5 Å². The maximum Gasteiger partial charge on any atom is 0.338 e. The SMILES string of the molecule is CCOC(=O)/C=C/C1COC(=O)C(C)(C)C(=O)[C@H](C)[C@@H](O[C@@H]2O[C@H](C)C[C@H](N(C)C)[C@H]2OC(=O)c2ccccc2)[C@](C)(OC)C[C@@H](C)CN1C. The van der Waals surface area contributed by atoms with Gasteiger partial charge in [0.25, 0.3) is 0 Å². The van der Waals surface area contributed by atoms with Crippen molar-refractivity contribution >= 4 is 23.7 Å². The topological polar surface area (TPSA) is 130 Å². The minimum absolute atomic E-state index is 0.0197. The van der Waals surface area contributed by atoms with Crippen LogP contribution >= 0.6 is 0 Å². The van der Waals surface area contributed by atoms with Crippen LogP contribution in [0.3, 0.4) is 0 Å². The highest BCUT2D eigenvalue weighted by atomic mass is 16.7. The van der Waals surface area contributed by atoms with Gasteiger partial charge in [0.05, 0.1) is 42.1 Å². The third-order valence-corrected chi connectivity index (χ3v) is 9.89. The molecule has 1 aromatic rings. The van der Waals surface area contributed by atoms with Gasteiger partial charge in [-0.25, -0.2) is 9.59 Å². The third kappa shape index (κ3) is 10.2. The first-order chi connectivity index (χ1) is 23.4. The second-order valence-corrected chi connectivity index (χ2v) is 14.7. The van der Waals surface area contributed by atoms with Crippen LogP contribution in [-0.4, -0.2) is 124 Å². The molecule has 2 aliphatic rings. The lowest BCUT2D eigenvalue weighted by Gasteiger charge is -2.47. The Morgan fingerprint density at radius 3 is 2.34 bits per heavy atom. The van der Waals surface area contributed by atoms with Crippen LogP contribution in [0.2, 0.25) is 0 Å². The summed E-state index contributed by atoms with van der Waals surface area (Å²) in [4.78, 5) is 57.5. The molecule has 0 radical (unpaired) electrons. The lowest BCUT2D eigenvalue weighted by atomic mass is 9.74. The molecule has 1 unspecified atom stereocenters. The van der Waals surface area contributed by atoms with Crippen molar-refractivity contribution in [3.63, 3.8) is 0 Å². The van der Waals surface area contributed by atoms with Gasteiger partial charge >= 0.3 is 17.9 Å². The van der Waals surface area contributed by atoms with Crippen LogP contribution < -0.4 is 0 Å². The number of Topliss-reactive ketones (excluding diaryl/α,β-unsaturated/α-hetero) is 1. The van der Waals surface area contributed by atoms with Crippen molar-refractivity contribution in [2.75, 3.05) is 48.0 Å². The molecule has 1 aromatic carbocycles. The molecule has 50 heavy (non-hydrogen) atoms. The van der Waals surface area contributed by atoms with Gasteiger partial charge in [-0.05, 0) is 86.7 Å². The number of methoxy groups -OCH3 is 1. The fraction of sp³-hybridized carbons (Fsp3) is 0.684. The summed E-state index contributed by atoms with van der Waals surface area (Å²) >= 11 is 0. The summed E-state index contributed by atoms with van der Waals surface area (Å²) in [7, 11) is 7.28. The standard InChI is InChI=1S/C38H58N2O10/c1-12-46-30(41)19-18-28-23-47-36(44)37(5,6)32(42)26(4)33(38(7,45-11)21-24(2)22-40(28)10)50-35-31(29(39(8)9)20-25(3)48-35)49-34(43)27-16-14-13-15-17-27/h13-19,24-26,28-29,31,33,35H,12,20-23H2,1-11H3/b19-18+/t24-,25-,26+,28?,29+,31-,33-,35+,38-/m1/s1. The number of hydrogen-bond acceptors (Lipinski definition) is 12. The summed E-state index contributed by atoms with van der Waals surface area (Å²) in [6, 6.07) is 8.00. The van der Waals surface area contributed by atoms with Crippen molar-refractivity contribution < 1.29 is 47.6 Å².